The molecule has 25 heavy (non-hydrogen) atoms. The zero-order valence-electron chi connectivity index (χ0n) is 14.4. The summed E-state index contributed by atoms with van der Waals surface area (Å²) in [6, 6.07) is 5.55. The van der Waals surface area contributed by atoms with E-state index in [0.717, 1.165) is 16.9 Å². The van der Waals surface area contributed by atoms with Gasteiger partial charge in [-0.15, -0.1) is 0 Å². The average molecular weight is 343 g/mol. The fraction of sp³-hybridized carbons (Fsp3) is 0.526. The van der Waals surface area contributed by atoms with Crippen LogP contribution in [0.3, 0.4) is 0 Å². The van der Waals surface area contributed by atoms with Gasteiger partial charge in [-0.3, -0.25) is 14.9 Å². The summed E-state index contributed by atoms with van der Waals surface area (Å²) < 4.78 is 5.27. The second-order valence-corrected chi connectivity index (χ2v) is 7.59. The second-order valence-electron chi connectivity index (χ2n) is 7.59. The van der Waals surface area contributed by atoms with Gasteiger partial charge in [0.05, 0.1) is 29.5 Å². The van der Waals surface area contributed by atoms with Crippen LogP contribution in [0.15, 0.2) is 23.9 Å². The number of ether oxygens (including phenoxy) is 1. The highest BCUT2D eigenvalue weighted by Crippen LogP contribution is 2.61. The lowest BCUT2D eigenvalue weighted by atomic mass is 9.56. The first kappa shape index (κ1) is 16.3. The van der Waals surface area contributed by atoms with Gasteiger partial charge >= 0.3 is 0 Å². The third-order valence-corrected chi connectivity index (χ3v) is 6.59. The minimum absolute atomic E-state index is 0.00731. The predicted molar refractivity (Wildman–Crippen MR) is 90.6 cm³/mol. The number of aryl methyl sites for hydroxylation is 1. The molecular formula is C19H21NO5. The van der Waals surface area contributed by atoms with Crippen LogP contribution in [-0.4, -0.2) is 28.5 Å². The molecule has 4 rings (SSSR count). The van der Waals surface area contributed by atoms with E-state index < -0.39 is 11.0 Å². The highest BCUT2D eigenvalue weighted by molar-refractivity contribution is 5.91. The molecule has 3 aliphatic carbocycles. The molecule has 6 heteroatoms. The molecule has 1 aromatic carbocycles. The smallest absolute Gasteiger partial charge is 0.251 e. The van der Waals surface area contributed by atoms with E-state index in [4.69, 9.17) is 4.74 Å². The van der Waals surface area contributed by atoms with Gasteiger partial charge in [0.15, 0.2) is 0 Å². The van der Waals surface area contributed by atoms with Crippen molar-refractivity contribution in [2.45, 2.75) is 44.6 Å². The van der Waals surface area contributed by atoms with Crippen molar-refractivity contribution in [2.75, 3.05) is 7.11 Å². The summed E-state index contributed by atoms with van der Waals surface area (Å²) in [6.45, 7) is 1.70. The van der Waals surface area contributed by atoms with Crippen molar-refractivity contribution in [3.05, 3.63) is 45.1 Å². The Balaban J connectivity index is 1.96. The summed E-state index contributed by atoms with van der Waals surface area (Å²) in [5.74, 6) is 0.281. The van der Waals surface area contributed by atoms with E-state index in [9.17, 15) is 20.0 Å². The number of rotatable bonds is 2. The van der Waals surface area contributed by atoms with Crippen molar-refractivity contribution < 1.29 is 19.6 Å². The van der Waals surface area contributed by atoms with Crippen molar-refractivity contribution in [2.24, 2.45) is 11.3 Å². The molecule has 1 fully saturated rings. The first-order valence-electron chi connectivity index (χ1n) is 8.62. The van der Waals surface area contributed by atoms with E-state index >= 15 is 0 Å². The number of ketones is 1. The molecular weight excluding hydrogens is 322 g/mol. The largest absolute Gasteiger partial charge is 0.497 e. The molecule has 132 valence electrons. The van der Waals surface area contributed by atoms with Crippen molar-refractivity contribution >= 4 is 11.4 Å². The SMILES string of the molecule is COc1ccc2c(c1)CCC1C2=C([N+](=O)[O-])C[C@]2(C)C(=O)CC[C@]12O. The number of hydrogen-bond acceptors (Lipinski definition) is 5. The third-order valence-electron chi connectivity index (χ3n) is 6.59. The highest BCUT2D eigenvalue weighted by atomic mass is 16.6. The molecule has 1 aromatic rings. The molecule has 0 radical (unpaired) electrons. The predicted octanol–water partition coefficient (Wildman–Crippen LogP) is 2.75. The molecule has 0 saturated heterocycles. The van der Waals surface area contributed by atoms with Gasteiger partial charge < -0.3 is 9.84 Å². The minimum Gasteiger partial charge on any atom is -0.497 e. The summed E-state index contributed by atoms with van der Waals surface area (Å²) in [4.78, 5) is 23.9. The molecule has 0 aliphatic heterocycles. The van der Waals surface area contributed by atoms with E-state index in [1.54, 1.807) is 20.1 Å². The van der Waals surface area contributed by atoms with Crippen LogP contribution in [0, 0.1) is 21.4 Å². The summed E-state index contributed by atoms with van der Waals surface area (Å²) in [5, 5.41) is 23.3. The normalized spacial score (nSPS) is 33.6. The highest BCUT2D eigenvalue weighted by Gasteiger charge is 2.65. The molecule has 0 heterocycles. The van der Waals surface area contributed by atoms with Crippen molar-refractivity contribution in [3.63, 3.8) is 0 Å². The van der Waals surface area contributed by atoms with Crippen LogP contribution >= 0.6 is 0 Å². The van der Waals surface area contributed by atoms with Crippen LogP contribution in [-0.2, 0) is 11.2 Å². The van der Waals surface area contributed by atoms with Crippen molar-refractivity contribution in [3.8, 4) is 5.75 Å². The quantitative estimate of drug-likeness (QED) is 0.659. The number of carbonyl (C=O) groups excluding carboxylic acids is 1. The van der Waals surface area contributed by atoms with E-state index in [2.05, 4.69) is 0 Å². The number of fused-ring (bicyclic) bond motifs is 5. The number of hydrogen-bond donors (Lipinski definition) is 1. The van der Waals surface area contributed by atoms with Gasteiger partial charge in [0, 0.05) is 17.9 Å². The lowest BCUT2D eigenvalue weighted by Gasteiger charge is -2.49. The van der Waals surface area contributed by atoms with E-state index in [1.807, 2.05) is 12.1 Å². The Labute approximate surface area is 145 Å². The fourth-order valence-corrected chi connectivity index (χ4v) is 5.13. The molecule has 1 unspecified atom stereocenters. The Morgan fingerprint density at radius 2 is 2.12 bits per heavy atom. The van der Waals surface area contributed by atoms with Gasteiger partial charge in [-0.1, -0.05) is 6.07 Å². The standard InChI is InChI=1S/C19H21NO5/c1-18-10-15(20(23)24)17-13-5-4-12(25-2)9-11(13)3-6-14(17)19(18,22)8-7-16(18)21/h4-5,9,14,22H,3,6-8,10H2,1-2H3/t14?,18-,19+/m1/s1. The molecule has 1 saturated carbocycles. The van der Waals surface area contributed by atoms with Crippen LogP contribution in [0.25, 0.3) is 5.57 Å². The molecule has 6 nitrogen and oxygen atoms in total. The number of Topliss-reactive ketones (excluding diaryl/α,β-unsaturated/α-hetero) is 1. The molecule has 0 aromatic heterocycles. The maximum atomic E-state index is 12.5. The summed E-state index contributed by atoms with van der Waals surface area (Å²) in [5.41, 5.74) is 0.256. The van der Waals surface area contributed by atoms with E-state index in [1.165, 1.54) is 0 Å². The first-order valence-corrected chi connectivity index (χ1v) is 8.62. The van der Waals surface area contributed by atoms with Gasteiger partial charge in [-0.05, 0) is 49.4 Å². The molecule has 3 aliphatic rings. The number of benzene rings is 1. The zero-order valence-corrected chi connectivity index (χ0v) is 14.4. The van der Waals surface area contributed by atoms with Gasteiger partial charge in [0.1, 0.15) is 11.5 Å². The van der Waals surface area contributed by atoms with Gasteiger partial charge in [-0.25, -0.2) is 0 Å². The topological polar surface area (TPSA) is 89.7 Å². The van der Waals surface area contributed by atoms with Crippen LogP contribution in [0.4, 0.5) is 0 Å². The van der Waals surface area contributed by atoms with Crippen LogP contribution < -0.4 is 4.74 Å². The summed E-state index contributed by atoms with van der Waals surface area (Å²) >= 11 is 0. The Morgan fingerprint density at radius 3 is 2.80 bits per heavy atom. The molecule has 0 spiro atoms. The maximum absolute atomic E-state index is 12.5. The number of aliphatic hydroxyl groups is 1. The zero-order chi connectivity index (χ0) is 18.0. The Kier molecular flexibility index (Phi) is 3.35. The summed E-state index contributed by atoms with van der Waals surface area (Å²) in [7, 11) is 1.59. The minimum atomic E-state index is -1.20. The number of methoxy groups -OCH3 is 1. The van der Waals surface area contributed by atoms with E-state index in [0.29, 0.717) is 24.8 Å². The number of carbonyl (C=O) groups is 1. The van der Waals surface area contributed by atoms with Crippen molar-refractivity contribution in [1.82, 2.24) is 0 Å². The van der Waals surface area contributed by atoms with Gasteiger partial charge in [0.2, 0.25) is 0 Å². The third kappa shape index (κ3) is 1.97. The van der Waals surface area contributed by atoms with E-state index in [-0.39, 0.29) is 35.2 Å². The van der Waals surface area contributed by atoms with Crippen LogP contribution in [0.1, 0.15) is 43.7 Å². The second kappa shape index (κ2) is 5.14. The van der Waals surface area contributed by atoms with Crippen LogP contribution in [0.2, 0.25) is 0 Å². The lowest BCUT2D eigenvalue weighted by molar-refractivity contribution is -0.431. The summed E-state index contributed by atoms with van der Waals surface area (Å²) in [6.07, 6.45) is 1.97. The first-order chi connectivity index (χ1) is 11.8. The van der Waals surface area contributed by atoms with Crippen molar-refractivity contribution in [1.29, 1.82) is 0 Å². The molecule has 1 N–H and O–H groups in total. The average Bonchev–Trinajstić information content (AvgIpc) is 2.84. The van der Waals surface area contributed by atoms with Gasteiger partial charge in [0.25, 0.3) is 5.70 Å². The molecule has 0 amide bonds. The Bertz CT molecular complexity index is 829. The molecule has 3 atom stereocenters. The Hall–Kier alpha value is -2.21. The maximum Gasteiger partial charge on any atom is 0.251 e. The Morgan fingerprint density at radius 1 is 1.36 bits per heavy atom. The fourth-order valence-electron chi connectivity index (χ4n) is 5.13. The number of allylic oxidation sites excluding steroid dienone is 1. The molecule has 0 bridgehead atoms. The number of nitro groups is 1. The van der Waals surface area contributed by atoms with Gasteiger partial charge in [-0.2, -0.15) is 0 Å². The van der Waals surface area contributed by atoms with Crippen LogP contribution in [0.5, 0.6) is 5.75 Å². The lowest BCUT2D eigenvalue weighted by Crippen LogP contribution is -2.55. The monoisotopic (exact) mass is 343 g/mol. The number of nitrogens with zero attached hydrogens (tertiary/aromatic N) is 1.